The predicted molar refractivity (Wildman–Crippen MR) is 78.4 cm³/mol. The average Bonchev–Trinajstić information content (AvgIpc) is 3.11. The fourth-order valence-electron chi connectivity index (χ4n) is 1.96. The third-order valence-electron chi connectivity index (χ3n) is 2.97. The van der Waals surface area contributed by atoms with Gasteiger partial charge in [0.15, 0.2) is 0 Å². The van der Waals surface area contributed by atoms with Gasteiger partial charge in [0.2, 0.25) is 0 Å². The average molecular weight is 323 g/mol. The number of hydrogen-bond acceptors (Lipinski definition) is 3. The minimum absolute atomic E-state index is 0. The second kappa shape index (κ2) is 7.36. The van der Waals surface area contributed by atoms with Crippen molar-refractivity contribution in [3.63, 3.8) is 0 Å². The third-order valence-corrected chi connectivity index (χ3v) is 3.22. The Morgan fingerprint density at radius 2 is 1.67 bits per heavy atom. The van der Waals surface area contributed by atoms with Crippen molar-refractivity contribution in [1.82, 2.24) is 5.32 Å². The van der Waals surface area contributed by atoms with Crippen LogP contribution in [0.25, 0.3) is 11.3 Å². The highest BCUT2D eigenvalue weighted by molar-refractivity contribution is 6.30. The fraction of sp³-hybridized carbons (Fsp3) is 0.125. The van der Waals surface area contributed by atoms with Crippen LogP contribution in [0.3, 0.4) is 0 Å². The van der Waals surface area contributed by atoms with Crippen molar-refractivity contribution in [2.45, 2.75) is 13.1 Å². The van der Waals surface area contributed by atoms with Crippen molar-refractivity contribution in [3.05, 3.63) is 71.3 Å². The van der Waals surface area contributed by atoms with Gasteiger partial charge in [-0.05, 0) is 48.5 Å². The molecule has 110 valence electrons. The quantitative estimate of drug-likeness (QED) is 0.773. The summed E-state index contributed by atoms with van der Waals surface area (Å²) in [4.78, 5) is 0. The Balaban J connectivity index is 0.00000161. The first-order valence-corrected chi connectivity index (χ1v) is 6.77. The molecule has 2 heterocycles. The lowest BCUT2D eigenvalue weighted by atomic mass is 10.2. The number of hydrogen-bond donors (Lipinski definition) is 1. The van der Waals surface area contributed by atoms with E-state index < -0.39 is 0 Å². The van der Waals surface area contributed by atoms with E-state index in [2.05, 4.69) is 5.32 Å². The maximum absolute atomic E-state index is 5.87. The Hall–Kier alpha value is -1.68. The molecular weight excluding hydrogens is 309 g/mol. The van der Waals surface area contributed by atoms with Crippen LogP contribution in [-0.2, 0) is 13.1 Å². The summed E-state index contributed by atoms with van der Waals surface area (Å²) >= 11 is 5.87. The van der Waals surface area contributed by atoms with Crippen LogP contribution in [0.2, 0.25) is 5.02 Å². The molecule has 0 spiro atoms. The van der Waals surface area contributed by atoms with E-state index in [9.17, 15) is 0 Å². The zero-order chi connectivity index (χ0) is 13.8. The first-order chi connectivity index (χ1) is 9.81. The van der Waals surface area contributed by atoms with Gasteiger partial charge in [0, 0.05) is 10.6 Å². The van der Waals surface area contributed by atoms with E-state index in [1.807, 2.05) is 48.5 Å². The summed E-state index contributed by atoms with van der Waals surface area (Å²) in [6.45, 7) is 1.35. The number of benzene rings is 1. The highest BCUT2D eigenvalue weighted by atomic mass is 35.5. The molecule has 1 aromatic carbocycles. The Kier molecular flexibility index (Phi) is 5.51. The van der Waals surface area contributed by atoms with Crippen LogP contribution in [0.4, 0.5) is 0 Å². The molecule has 0 radical (unpaired) electrons. The molecule has 0 amide bonds. The summed E-state index contributed by atoms with van der Waals surface area (Å²) in [5.74, 6) is 2.65. The minimum atomic E-state index is 0. The first kappa shape index (κ1) is 15.7. The molecular formula is C16H14Cl2NO2-. The normalized spacial score (nSPS) is 10.3. The van der Waals surface area contributed by atoms with Crippen molar-refractivity contribution in [2.75, 3.05) is 0 Å². The zero-order valence-corrected chi connectivity index (χ0v) is 12.7. The molecule has 0 unspecified atom stereocenters. The molecule has 2 aromatic heterocycles. The van der Waals surface area contributed by atoms with Crippen molar-refractivity contribution in [3.8, 4) is 11.3 Å². The first-order valence-electron chi connectivity index (χ1n) is 6.39. The second-order valence-electron chi connectivity index (χ2n) is 4.46. The van der Waals surface area contributed by atoms with Gasteiger partial charge in [-0.1, -0.05) is 11.6 Å². The Bertz CT molecular complexity index is 660. The van der Waals surface area contributed by atoms with E-state index in [0.29, 0.717) is 13.1 Å². The maximum atomic E-state index is 5.87. The van der Waals surface area contributed by atoms with E-state index >= 15 is 0 Å². The topological polar surface area (TPSA) is 38.3 Å². The molecule has 0 atom stereocenters. The molecule has 3 aromatic rings. The molecule has 3 rings (SSSR count). The van der Waals surface area contributed by atoms with E-state index in [4.69, 9.17) is 20.4 Å². The van der Waals surface area contributed by atoms with E-state index in [1.165, 1.54) is 0 Å². The molecule has 0 aliphatic heterocycles. The molecule has 1 N–H and O–H groups in total. The van der Waals surface area contributed by atoms with Gasteiger partial charge in [0.05, 0.1) is 19.4 Å². The summed E-state index contributed by atoms with van der Waals surface area (Å²) in [5.41, 5.74) is 1.02. The van der Waals surface area contributed by atoms with Gasteiger partial charge in [-0.15, -0.1) is 0 Å². The number of halogens is 2. The summed E-state index contributed by atoms with van der Waals surface area (Å²) in [6, 6.07) is 15.4. The van der Waals surface area contributed by atoms with Gasteiger partial charge in [-0.3, -0.25) is 0 Å². The zero-order valence-electron chi connectivity index (χ0n) is 11.2. The van der Waals surface area contributed by atoms with Crippen LogP contribution in [0.5, 0.6) is 0 Å². The van der Waals surface area contributed by atoms with Crippen LogP contribution < -0.4 is 17.7 Å². The molecule has 5 heteroatoms. The lowest BCUT2D eigenvalue weighted by molar-refractivity contribution is -0.00000502. The SMILES string of the molecule is Clc1ccc(-c2ccc(CNCc3ccco3)o2)cc1.[Cl-]. The molecule has 0 aliphatic carbocycles. The molecule has 0 bridgehead atoms. The fourth-order valence-corrected chi connectivity index (χ4v) is 2.09. The maximum Gasteiger partial charge on any atom is 0.134 e. The van der Waals surface area contributed by atoms with Crippen molar-refractivity contribution in [2.24, 2.45) is 0 Å². The van der Waals surface area contributed by atoms with Crippen molar-refractivity contribution in [1.29, 1.82) is 0 Å². The monoisotopic (exact) mass is 322 g/mol. The van der Waals surface area contributed by atoms with Crippen LogP contribution in [0.1, 0.15) is 11.5 Å². The van der Waals surface area contributed by atoms with Gasteiger partial charge in [0.1, 0.15) is 17.3 Å². The highest BCUT2D eigenvalue weighted by Crippen LogP contribution is 2.23. The lowest BCUT2D eigenvalue weighted by Gasteiger charge is -2.00. The van der Waals surface area contributed by atoms with Crippen LogP contribution in [0, 0.1) is 0 Å². The van der Waals surface area contributed by atoms with Gasteiger partial charge in [-0.2, -0.15) is 0 Å². The Labute approximate surface area is 134 Å². The van der Waals surface area contributed by atoms with Crippen LogP contribution >= 0.6 is 11.6 Å². The largest absolute Gasteiger partial charge is 1.00 e. The van der Waals surface area contributed by atoms with Crippen LogP contribution in [0.15, 0.2) is 63.6 Å². The summed E-state index contributed by atoms with van der Waals surface area (Å²) in [7, 11) is 0. The molecule has 21 heavy (non-hydrogen) atoms. The number of furan rings is 2. The molecule has 0 saturated carbocycles. The molecule has 0 aliphatic rings. The Morgan fingerprint density at radius 3 is 2.38 bits per heavy atom. The predicted octanol–water partition coefficient (Wildman–Crippen LogP) is 1.49. The minimum Gasteiger partial charge on any atom is -1.00 e. The van der Waals surface area contributed by atoms with Gasteiger partial charge < -0.3 is 26.6 Å². The van der Waals surface area contributed by atoms with E-state index in [1.54, 1.807) is 6.26 Å². The smallest absolute Gasteiger partial charge is 0.134 e. The summed E-state index contributed by atoms with van der Waals surface area (Å²) in [5, 5.41) is 3.99. The highest BCUT2D eigenvalue weighted by Gasteiger charge is 2.05. The van der Waals surface area contributed by atoms with Crippen molar-refractivity contribution >= 4 is 11.6 Å². The molecule has 0 saturated heterocycles. The van der Waals surface area contributed by atoms with Gasteiger partial charge in [-0.25, -0.2) is 0 Å². The summed E-state index contributed by atoms with van der Waals surface area (Å²) in [6.07, 6.45) is 1.67. The van der Waals surface area contributed by atoms with Crippen molar-refractivity contribution < 1.29 is 21.2 Å². The lowest BCUT2D eigenvalue weighted by Crippen LogP contribution is -3.00. The van der Waals surface area contributed by atoms with E-state index in [-0.39, 0.29) is 12.4 Å². The summed E-state index contributed by atoms with van der Waals surface area (Å²) < 4.78 is 11.0. The van der Waals surface area contributed by atoms with Gasteiger partial charge in [0.25, 0.3) is 0 Å². The Morgan fingerprint density at radius 1 is 0.905 bits per heavy atom. The second-order valence-corrected chi connectivity index (χ2v) is 4.89. The van der Waals surface area contributed by atoms with Gasteiger partial charge >= 0.3 is 0 Å². The standard InChI is InChI=1S/C16H14ClNO2.ClH/c17-13-5-3-12(4-6-13)16-8-7-15(20-16)11-18-10-14-2-1-9-19-14;/h1-9,18H,10-11H2;1H/p-1. The van der Waals surface area contributed by atoms with Crippen LogP contribution in [-0.4, -0.2) is 0 Å². The third kappa shape index (κ3) is 4.14. The number of nitrogens with one attached hydrogen (secondary N) is 1. The van der Waals surface area contributed by atoms with E-state index in [0.717, 1.165) is 27.9 Å². The molecule has 3 nitrogen and oxygen atoms in total. The molecule has 0 fully saturated rings. The number of rotatable bonds is 5.